The predicted octanol–water partition coefficient (Wildman–Crippen LogP) is 3.73. The second-order valence-corrected chi connectivity index (χ2v) is 5.85. The summed E-state index contributed by atoms with van der Waals surface area (Å²) >= 11 is 5.72. The monoisotopic (exact) mass is 281 g/mol. The zero-order valence-electron chi connectivity index (χ0n) is 11.1. The molecule has 1 rings (SSSR count). The van der Waals surface area contributed by atoms with E-state index < -0.39 is 5.92 Å². The standard InChI is InChI=1S/C13H22ClF2NO/c1-3-12(2,8-9-14)17-11(18)10-4-6-13(15,16)7-5-10/h10H,3-9H2,1-2H3,(H,17,18). The summed E-state index contributed by atoms with van der Waals surface area (Å²) in [4.78, 5) is 12.1. The Bertz CT molecular complexity index is 289. The molecule has 5 heteroatoms. The average molecular weight is 282 g/mol. The van der Waals surface area contributed by atoms with E-state index in [4.69, 9.17) is 11.6 Å². The number of carbonyl (C=O) groups is 1. The normalized spacial score (nSPS) is 23.4. The highest BCUT2D eigenvalue weighted by Gasteiger charge is 2.38. The van der Waals surface area contributed by atoms with Crippen molar-refractivity contribution in [2.45, 2.75) is 63.8 Å². The molecule has 1 saturated carbocycles. The first-order valence-corrected chi connectivity index (χ1v) is 7.11. The van der Waals surface area contributed by atoms with Gasteiger partial charge in [-0.1, -0.05) is 6.92 Å². The Labute approximate surface area is 112 Å². The van der Waals surface area contributed by atoms with Crippen molar-refractivity contribution in [1.29, 1.82) is 0 Å². The van der Waals surface area contributed by atoms with E-state index in [-0.39, 0.29) is 43.0 Å². The smallest absolute Gasteiger partial charge is 0.248 e. The van der Waals surface area contributed by atoms with Crippen LogP contribution in [0.3, 0.4) is 0 Å². The van der Waals surface area contributed by atoms with Gasteiger partial charge >= 0.3 is 0 Å². The molecular weight excluding hydrogens is 260 g/mol. The molecular formula is C13H22ClF2NO. The van der Waals surface area contributed by atoms with Gasteiger partial charge in [0.05, 0.1) is 0 Å². The molecule has 1 N–H and O–H groups in total. The van der Waals surface area contributed by atoms with Gasteiger partial charge in [0.1, 0.15) is 0 Å². The lowest BCUT2D eigenvalue weighted by Gasteiger charge is -2.33. The fourth-order valence-corrected chi connectivity index (χ4v) is 2.66. The summed E-state index contributed by atoms with van der Waals surface area (Å²) in [6, 6.07) is 0. The third-order valence-electron chi connectivity index (χ3n) is 3.94. The molecule has 1 amide bonds. The molecule has 0 radical (unpaired) electrons. The number of amides is 1. The molecule has 0 aliphatic heterocycles. The number of hydrogen-bond acceptors (Lipinski definition) is 1. The Morgan fingerprint density at radius 3 is 2.44 bits per heavy atom. The highest BCUT2D eigenvalue weighted by molar-refractivity contribution is 6.17. The lowest BCUT2D eigenvalue weighted by atomic mass is 9.85. The Morgan fingerprint density at radius 2 is 2.00 bits per heavy atom. The van der Waals surface area contributed by atoms with Crippen molar-refractivity contribution in [1.82, 2.24) is 5.32 Å². The van der Waals surface area contributed by atoms with Gasteiger partial charge in [0.15, 0.2) is 0 Å². The zero-order chi connectivity index (χ0) is 13.8. The molecule has 0 bridgehead atoms. The molecule has 1 atom stereocenters. The van der Waals surface area contributed by atoms with Crippen molar-refractivity contribution >= 4 is 17.5 Å². The average Bonchev–Trinajstić information content (AvgIpc) is 2.29. The highest BCUT2D eigenvalue weighted by atomic mass is 35.5. The second-order valence-electron chi connectivity index (χ2n) is 5.47. The van der Waals surface area contributed by atoms with Crippen LogP contribution in [0.5, 0.6) is 0 Å². The van der Waals surface area contributed by atoms with Crippen LogP contribution < -0.4 is 5.32 Å². The molecule has 18 heavy (non-hydrogen) atoms. The largest absolute Gasteiger partial charge is 0.351 e. The van der Waals surface area contributed by atoms with E-state index in [1.165, 1.54) is 0 Å². The molecule has 0 aromatic rings. The number of hydrogen-bond donors (Lipinski definition) is 1. The fraction of sp³-hybridized carbons (Fsp3) is 0.923. The predicted molar refractivity (Wildman–Crippen MR) is 69.1 cm³/mol. The summed E-state index contributed by atoms with van der Waals surface area (Å²) in [7, 11) is 0. The van der Waals surface area contributed by atoms with Crippen LogP contribution in [0.1, 0.15) is 52.4 Å². The van der Waals surface area contributed by atoms with E-state index in [0.29, 0.717) is 12.3 Å². The van der Waals surface area contributed by atoms with Gasteiger partial charge in [-0.25, -0.2) is 8.78 Å². The second kappa shape index (κ2) is 6.18. The van der Waals surface area contributed by atoms with Crippen LogP contribution >= 0.6 is 11.6 Å². The number of rotatable bonds is 5. The number of carbonyl (C=O) groups excluding carboxylic acids is 1. The minimum atomic E-state index is -2.58. The summed E-state index contributed by atoms with van der Waals surface area (Å²) in [6.07, 6.45) is 1.68. The van der Waals surface area contributed by atoms with Crippen molar-refractivity contribution < 1.29 is 13.6 Å². The third-order valence-corrected chi connectivity index (χ3v) is 4.13. The van der Waals surface area contributed by atoms with Crippen LogP contribution in [0.2, 0.25) is 0 Å². The minimum Gasteiger partial charge on any atom is -0.351 e. The first-order chi connectivity index (χ1) is 8.32. The molecule has 0 heterocycles. The molecule has 106 valence electrons. The summed E-state index contributed by atoms with van der Waals surface area (Å²) in [6.45, 7) is 3.94. The van der Waals surface area contributed by atoms with E-state index >= 15 is 0 Å². The zero-order valence-corrected chi connectivity index (χ0v) is 11.8. The van der Waals surface area contributed by atoms with Gasteiger partial charge in [0.2, 0.25) is 11.8 Å². The lowest BCUT2D eigenvalue weighted by Crippen LogP contribution is -2.49. The Hall–Kier alpha value is -0.380. The van der Waals surface area contributed by atoms with Crippen LogP contribution in [0.15, 0.2) is 0 Å². The molecule has 1 aliphatic carbocycles. The minimum absolute atomic E-state index is 0.0973. The van der Waals surface area contributed by atoms with Crippen molar-refractivity contribution in [3.63, 3.8) is 0 Å². The number of alkyl halides is 3. The summed E-state index contributed by atoms with van der Waals surface area (Å²) in [5, 5.41) is 2.97. The maximum absolute atomic E-state index is 13.0. The molecule has 1 aliphatic rings. The van der Waals surface area contributed by atoms with E-state index in [1.807, 2.05) is 13.8 Å². The first-order valence-electron chi connectivity index (χ1n) is 6.58. The summed E-state index contributed by atoms with van der Waals surface area (Å²) < 4.78 is 26.0. The quantitative estimate of drug-likeness (QED) is 0.765. The topological polar surface area (TPSA) is 29.1 Å². The molecule has 0 aromatic heterocycles. The maximum Gasteiger partial charge on any atom is 0.248 e. The van der Waals surface area contributed by atoms with E-state index in [9.17, 15) is 13.6 Å². The van der Waals surface area contributed by atoms with Crippen LogP contribution in [-0.2, 0) is 4.79 Å². The van der Waals surface area contributed by atoms with Crippen LogP contribution in [0.25, 0.3) is 0 Å². The highest BCUT2D eigenvalue weighted by Crippen LogP contribution is 2.36. The van der Waals surface area contributed by atoms with Crippen molar-refractivity contribution in [2.24, 2.45) is 5.92 Å². The van der Waals surface area contributed by atoms with E-state index in [0.717, 1.165) is 6.42 Å². The maximum atomic E-state index is 13.0. The van der Waals surface area contributed by atoms with Crippen molar-refractivity contribution in [2.75, 3.05) is 5.88 Å². The van der Waals surface area contributed by atoms with Gasteiger partial charge in [-0.05, 0) is 32.6 Å². The number of nitrogens with one attached hydrogen (secondary N) is 1. The molecule has 0 aromatic carbocycles. The first kappa shape index (κ1) is 15.7. The van der Waals surface area contributed by atoms with Gasteiger partial charge in [-0.15, -0.1) is 11.6 Å². The molecule has 1 fully saturated rings. The lowest BCUT2D eigenvalue weighted by molar-refractivity contribution is -0.131. The van der Waals surface area contributed by atoms with E-state index in [1.54, 1.807) is 0 Å². The Morgan fingerprint density at radius 1 is 1.44 bits per heavy atom. The van der Waals surface area contributed by atoms with Crippen molar-refractivity contribution in [3.05, 3.63) is 0 Å². The Kier molecular flexibility index (Phi) is 5.38. The van der Waals surface area contributed by atoms with Crippen molar-refractivity contribution in [3.8, 4) is 0 Å². The summed E-state index contributed by atoms with van der Waals surface area (Å²) in [5.74, 6) is -2.47. The molecule has 2 nitrogen and oxygen atoms in total. The Balaban J connectivity index is 2.50. The van der Waals surface area contributed by atoms with E-state index in [2.05, 4.69) is 5.32 Å². The summed E-state index contributed by atoms with van der Waals surface area (Å²) in [5.41, 5.74) is -0.321. The molecule has 1 unspecified atom stereocenters. The number of halogens is 3. The molecule has 0 saturated heterocycles. The van der Waals surface area contributed by atoms with Gasteiger partial charge in [-0.2, -0.15) is 0 Å². The SMILES string of the molecule is CCC(C)(CCCl)NC(=O)C1CCC(F)(F)CC1. The van der Waals surface area contributed by atoms with Gasteiger partial charge in [-0.3, -0.25) is 4.79 Å². The third kappa shape index (κ3) is 4.38. The van der Waals surface area contributed by atoms with Crippen LogP contribution in [0.4, 0.5) is 8.78 Å². The van der Waals surface area contributed by atoms with Gasteiger partial charge in [0.25, 0.3) is 0 Å². The van der Waals surface area contributed by atoms with Crippen LogP contribution in [-0.4, -0.2) is 23.2 Å². The van der Waals surface area contributed by atoms with Gasteiger partial charge in [0, 0.05) is 30.2 Å². The fourth-order valence-electron chi connectivity index (χ4n) is 2.24. The van der Waals surface area contributed by atoms with Gasteiger partial charge < -0.3 is 5.32 Å². The molecule has 0 spiro atoms. The van der Waals surface area contributed by atoms with Crippen LogP contribution in [0, 0.1) is 5.92 Å².